The van der Waals surface area contributed by atoms with Crippen molar-refractivity contribution in [3.05, 3.63) is 29.8 Å². The number of aryl methyl sites for hydroxylation is 1. The van der Waals surface area contributed by atoms with Crippen molar-refractivity contribution >= 4 is 11.6 Å². The molecule has 4 heteroatoms. The van der Waals surface area contributed by atoms with Crippen LogP contribution in [-0.4, -0.2) is 17.2 Å². The van der Waals surface area contributed by atoms with E-state index in [4.69, 9.17) is 5.21 Å². The van der Waals surface area contributed by atoms with Crippen molar-refractivity contribution in [3.63, 3.8) is 0 Å². The van der Waals surface area contributed by atoms with Crippen LogP contribution in [0.3, 0.4) is 0 Å². The van der Waals surface area contributed by atoms with E-state index in [-0.39, 0.29) is 6.04 Å². The minimum atomic E-state index is 0.123. The minimum absolute atomic E-state index is 0.123. The summed E-state index contributed by atoms with van der Waals surface area (Å²) in [5.41, 5.74) is 4.12. The molecular weight excluding hydrogens is 190 g/mol. The zero-order chi connectivity index (χ0) is 11.3. The SMILES string of the molecule is Cc1ccc(NC(=NC(C)C)NO)cc1. The summed E-state index contributed by atoms with van der Waals surface area (Å²) >= 11 is 0. The van der Waals surface area contributed by atoms with Crippen LogP contribution in [0.1, 0.15) is 19.4 Å². The van der Waals surface area contributed by atoms with Gasteiger partial charge in [0, 0.05) is 11.7 Å². The highest BCUT2D eigenvalue weighted by Crippen LogP contribution is 2.08. The third-order valence-electron chi connectivity index (χ3n) is 1.81. The molecule has 0 bridgehead atoms. The highest BCUT2D eigenvalue weighted by Gasteiger charge is 1.99. The fourth-order valence-corrected chi connectivity index (χ4v) is 1.12. The summed E-state index contributed by atoms with van der Waals surface area (Å²) in [7, 11) is 0. The van der Waals surface area contributed by atoms with Crippen molar-refractivity contribution in [3.8, 4) is 0 Å². The number of hydrogen-bond donors (Lipinski definition) is 3. The van der Waals surface area contributed by atoms with Crippen LogP contribution in [0, 0.1) is 6.92 Å². The van der Waals surface area contributed by atoms with Crippen molar-refractivity contribution < 1.29 is 5.21 Å². The first-order chi connectivity index (χ1) is 7.11. The molecule has 1 aromatic rings. The van der Waals surface area contributed by atoms with Crippen molar-refractivity contribution in [1.29, 1.82) is 0 Å². The quantitative estimate of drug-likeness (QED) is 0.395. The van der Waals surface area contributed by atoms with Crippen LogP contribution in [0.2, 0.25) is 0 Å². The third-order valence-corrected chi connectivity index (χ3v) is 1.81. The van der Waals surface area contributed by atoms with Crippen molar-refractivity contribution in [1.82, 2.24) is 5.48 Å². The molecule has 0 heterocycles. The van der Waals surface area contributed by atoms with E-state index in [1.807, 2.05) is 50.5 Å². The monoisotopic (exact) mass is 207 g/mol. The van der Waals surface area contributed by atoms with Gasteiger partial charge in [-0.1, -0.05) is 17.7 Å². The number of rotatable bonds is 2. The maximum absolute atomic E-state index is 8.85. The number of aliphatic imine (C=N–C) groups is 1. The van der Waals surface area contributed by atoms with E-state index in [1.54, 1.807) is 0 Å². The number of hydrogen-bond acceptors (Lipinski definition) is 2. The first kappa shape index (κ1) is 11.5. The summed E-state index contributed by atoms with van der Waals surface area (Å²) in [5, 5.41) is 11.8. The van der Waals surface area contributed by atoms with Crippen LogP contribution in [0.5, 0.6) is 0 Å². The summed E-state index contributed by atoms with van der Waals surface area (Å²) in [6.45, 7) is 5.90. The van der Waals surface area contributed by atoms with Crippen LogP contribution in [0.25, 0.3) is 0 Å². The highest BCUT2D eigenvalue weighted by molar-refractivity contribution is 5.92. The molecule has 0 unspecified atom stereocenters. The van der Waals surface area contributed by atoms with Gasteiger partial charge < -0.3 is 5.32 Å². The van der Waals surface area contributed by atoms with Gasteiger partial charge in [0.25, 0.3) is 0 Å². The van der Waals surface area contributed by atoms with Gasteiger partial charge in [-0.05, 0) is 32.9 Å². The van der Waals surface area contributed by atoms with E-state index in [0.29, 0.717) is 5.96 Å². The predicted octanol–water partition coefficient (Wildman–Crippen LogP) is 2.15. The van der Waals surface area contributed by atoms with Crippen molar-refractivity contribution in [2.45, 2.75) is 26.8 Å². The third kappa shape index (κ3) is 3.99. The average molecular weight is 207 g/mol. The van der Waals surface area contributed by atoms with Gasteiger partial charge in [0.05, 0.1) is 0 Å². The van der Waals surface area contributed by atoms with Gasteiger partial charge in [-0.3, -0.25) is 5.21 Å². The summed E-state index contributed by atoms with van der Waals surface area (Å²) in [4.78, 5) is 4.16. The molecule has 4 nitrogen and oxygen atoms in total. The molecule has 3 N–H and O–H groups in total. The number of anilines is 1. The Morgan fingerprint density at radius 1 is 1.27 bits per heavy atom. The second-order valence-corrected chi connectivity index (χ2v) is 3.67. The fraction of sp³-hybridized carbons (Fsp3) is 0.364. The highest BCUT2D eigenvalue weighted by atomic mass is 16.5. The number of guanidine groups is 1. The summed E-state index contributed by atoms with van der Waals surface area (Å²) in [5.74, 6) is 0.355. The summed E-state index contributed by atoms with van der Waals surface area (Å²) < 4.78 is 0. The Hall–Kier alpha value is -1.55. The Morgan fingerprint density at radius 3 is 2.33 bits per heavy atom. The first-order valence-electron chi connectivity index (χ1n) is 4.93. The van der Waals surface area contributed by atoms with E-state index in [1.165, 1.54) is 5.56 Å². The number of benzene rings is 1. The van der Waals surface area contributed by atoms with E-state index < -0.39 is 0 Å². The number of nitrogens with one attached hydrogen (secondary N) is 2. The lowest BCUT2D eigenvalue weighted by atomic mass is 10.2. The lowest BCUT2D eigenvalue weighted by Crippen LogP contribution is -2.28. The molecule has 82 valence electrons. The molecule has 0 aliphatic rings. The Kier molecular flexibility index (Phi) is 4.12. The molecule has 0 amide bonds. The van der Waals surface area contributed by atoms with Gasteiger partial charge >= 0.3 is 0 Å². The second kappa shape index (κ2) is 5.36. The normalized spacial score (nSPS) is 11.7. The lowest BCUT2D eigenvalue weighted by Gasteiger charge is -2.09. The molecule has 0 spiro atoms. The van der Waals surface area contributed by atoms with Gasteiger partial charge in [0.2, 0.25) is 5.96 Å². The minimum Gasteiger partial charge on any atom is -0.325 e. The Labute approximate surface area is 90.0 Å². The van der Waals surface area contributed by atoms with E-state index in [9.17, 15) is 0 Å². The van der Waals surface area contributed by atoms with Crippen LogP contribution in [-0.2, 0) is 0 Å². The molecule has 0 fully saturated rings. The van der Waals surface area contributed by atoms with Gasteiger partial charge in [0.1, 0.15) is 0 Å². The molecule has 0 atom stereocenters. The largest absolute Gasteiger partial charge is 0.325 e. The second-order valence-electron chi connectivity index (χ2n) is 3.67. The lowest BCUT2D eigenvalue weighted by molar-refractivity contribution is 0.233. The molecule has 0 aliphatic heterocycles. The number of nitrogens with zero attached hydrogens (tertiary/aromatic N) is 1. The molecule has 0 aliphatic carbocycles. The number of hydroxylamine groups is 1. The fourth-order valence-electron chi connectivity index (χ4n) is 1.12. The predicted molar refractivity (Wildman–Crippen MR) is 62.3 cm³/mol. The van der Waals surface area contributed by atoms with Crippen LogP contribution < -0.4 is 10.8 Å². The zero-order valence-corrected chi connectivity index (χ0v) is 9.28. The molecule has 0 aromatic heterocycles. The van der Waals surface area contributed by atoms with E-state index in [2.05, 4.69) is 10.3 Å². The molecule has 1 aromatic carbocycles. The molecule has 0 saturated carbocycles. The van der Waals surface area contributed by atoms with E-state index >= 15 is 0 Å². The molecule has 0 radical (unpaired) electrons. The Balaban J connectivity index is 2.71. The molecule has 0 saturated heterocycles. The smallest absolute Gasteiger partial charge is 0.220 e. The zero-order valence-electron chi connectivity index (χ0n) is 9.28. The first-order valence-corrected chi connectivity index (χ1v) is 4.93. The molecule has 15 heavy (non-hydrogen) atoms. The molecule has 1 rings (SSSR count). The standard InChI is InChI=1S/C11H17N3O/c1-8(2)12-11(14-15)13-10-6-4-9(3)5-7-10/h4-8,15H,1-3H3,(H2,12,13,14). The maximum atomic E-state index is 8.85. The van der Waals surface area contributed by atoms with E-state index in [0.717, 1.165) is 5.69 Å². The summed E-state index contributed by atoms with van der Waals surface area (Å²) in [6, 6.07) is 7.97. The van der Waals surface area contributed by atoms with Gasteiger partial charge in [-0.25, -0.2) is 10.5 Å². The van der Waals surface area contributed by atoms with Crippen molar-refractivity contribution in [2.24, 2.45) is 4.99 Å². The van der Waals surface area contributed by atoms with Crippen LogP contribution in [0.15, 0.2) is 29.3 Å². The average Bonchev–Trinajstić information content (AvgIpc) is 2.19. The molecular formula is C11H17N3O. The van der Waals surface area contributed by atoms with Gasteiger partial charge in [-0.15, -0.1) is 0 Å². The van der Waals surface area contributed by atoms with Crippen LogP contribution in [0.4, 0.5) is 5.69 Å². The Bertz CT molecular complexity index is 330. The Morgan fingerprint density at radius 2 is 1.87 bits per heavy atom. The van der Waals surface area contributed by atoms with Gasteiger partial charge in [-0.2, -0.15) is 0 Å². The van der Waals surface area contributed by atoms with Gasteiger partial charge in [0.15, 0.2) is 0 Å². The topological polar surface area (TPSA) is 56.7 Å². The van der Waals surface area contributed by atoms with Crippen LogP contribution >= 0.6 is 0 Å². The maximum Gasteiger partial charge on any atom is 0.220 e. The van der Waals surface area contributed by atoms with Crippen molar-refractivity contribution in [2.75, 3.05) is 5.32 Å². The summed E-state index contributed by atoms with van der Waals surface area (Å²) in [6.07, 6.45) is 0.